The molecule has 0 radical (unpaired) electrons. The van der Waals surface area contributed by atoms with Crippen molar-refractivity contribution in [3.8, 4) is 5.75 Å². The summed E-state index contributed by atoms with van der Waals surface area (Å²) < 4.78 is 6.04. The molecule has 0 bridgehead atoms. The Kier molecular flexibility index (Phi) is 6.56. The van der Waals surface area contributed by atoms with Gasteiger partial charge in [-0.1, -0.05) is 25.1 Å². The molecule has 1 aromatic carbocycles. The molecular formula is C20H32N4O. The number of hydrogen-bond donors (Lipinski definition) is 2. The summed E-state index contributed by atoms with van der Waals surface area (Å²) in [6.07, 6.45) is 6.31. The Bertz CT molecular complexity index is 536. The molecule has 2 aliphatic rings. The molecule has 1 aliphatic heterocycles. The summed E-state index contributed by atoms with van der Waals surface area (Å²) in [5.41, 5.74) is 0. The quantitative estimate of drug-likeness (QED) is 0.590. The van der Waals surface area contributed by atoms with Crippen molar-refractivity contribution in [2.24, 2.45) is 4.99 Å². The van der Waals surface area contributed by atoms with Gasteiger partial charge in [0.2, 0.25) is 0 Å². The van der Waals surface area contributed by atoms with Crippen LogP contribution < -0.4 is 15.4 Å². The van der Waals surface area contributed by atoms with Gasteiger partial charge in [0, 0.05) is 32.2 Å². The number of guanidine groups is 1. The Balaban J connectivity index is 1.40. The van der Waals surface area contributed by atoms with Crippen LogP contribution in [0.25, 0.3) is 0 Å². The zero-order chi connectivity index (χ0) is 17.5. The summed E-state index contributed by atoms with van der Waals surface area (Å²) in [4.78, 5) is 7.04. The van der Waals surface area contributed by atoms with Crippen LogP contribution in [0, 0.1) is 0 Å². The molecule has 5 nitrogen and oxygen atoms in total. The van der Waals surface area contributed by atoms with Crippen LogP contribution in [0.1, 0.15) is 39.0 Å². The second-order valence-electron chi connectivity index (χ2n) is 7.10. The number of nitrogens with one attached hydrogen (secondary N) is 2. The molecule has 2 N–H and O–H groups in total. The highest BCUT2D eigenvalue weighted by Gasteiger charge is 2.31. The number of rotatable bonds is 7. The lowest BCUT2D eigenvalue weighted by Crippen LogP contribution is -2.50. The number of piperidine rings is 1. The molecule has 1 aliphatic carbocycles. The summed E-state index contributed by atoms with van der Waals surface area (Å²) in [5, 5.41) is 7.02. The lowest BCUT2D eigenvalue weighted by Gasteiger charge is -2.33. The van der Waals surface area contributed by atoms with Crippen molar-refractivity contribution in [3.05, 3.63) is 30.3 Å². The lowest BCUT2D eigenvalue weighted by atomic mass is 10.1. The van der Waals surface area contributed by atoms with Gasteiger partial charge >= 0.3 is 0 Å². The van der Waals surface area contributed by atoms with E-state index >= 15 is 0 Å². The van der Waals surface area contributed by atoms with Crippen molar-refractivity contribution in [2.75, 3.05) is 26.7 Å². The molecule has 0 amide bonds. The monoisotopic (exact) mass is 344 g/mol. The van der Waals surface area contributed by atoms with Crippen LogP contribution in [-0.4, -0.2) is 55.7 Å². The van der Waals surface area contributed by atoms with E-state index in [1.165, 1.54) is 38.8 Å². The van der Waals surface area contributed by atoms with Crippen molar-refractivity contribution < 1.29 is 4.74 Å². The Labute approximate surface area is 151 Å². The molecule has 1 atom stereocenters. The van der Waals surface area contributed by atoms with Crippen molar-refractivity contribution >= 4 is 5.96 Å². The van der Waals surface area contributed by atoms with E-state index in [1.807, 2.05) is 37.4 Å². The fraction of sp³-hybridized carbons (Fsp3) is 0.650. The summed E-state index contributed by atoms with van der Waals surface area (Å²) in [7, 11) is 1.84. The lowest BCUT2D eigenvalue weighted by molar-refractivity contribution is 0.193. The van der Waals surface area contributed by atoms with Gasteiger partial charge in [0.1, 0.15) is 11.9 Å². The fourth-order valence-corrected chi connectivity index (χ4v) is 3.41. The third kappa shape index (κ3) is 5.63. The highest BCUT2D eigenvalue weighted by molar-refractivity contribution is 5.80. The topological polar surface area (TPSA) is 48.9 Å². The van der Waals surface area contributed by atoms with Gasteiger partial charge < -0.3 is 20.3 Å². The average molecular weight is 345 g/mol. The molecule has 2 fully saturated rings. The molecule has 1 heterocycles. The number of nitrogens with zero attached hydrogens (tertiary/aromatic N) is 2. The molecule has 0 spiro atoms. The Hall–Kier alpha value is -1.75. The van der Waals surface area contributed by atoms with Crippen LogP contribution in [0.2, 0.25) is 0 Å². The molecule has 0 aromatic heterocycles. The highest BCUT2D eigenvalue weighted by atomic mass is 16.5. The van der Waals surface area contributed by atoms with Crippen molar-refractivity contribution in [2.45, 2.75) is 57.2 Å². The maximum atomic E-state index is 6.04. The molecular weight excluding hydrogens is 312 g/mol. The smallest absolute Gasteiger partial charge is 0.191 e. The van der Waals surface area contributed by atoms with Crippen LogP contribution in [-0.2, 0) is 0 Å². The normalized spacial score (nSPS) is 21.0. The molecule has 138 valence electrons. The first kappa shape index (κ1) is 18.1. The van der Waals surface area contributed by atoms with E-state index in [0.717, 1.165) is 30.7 Å². The van der Waals surface area contributed by atoms with Crippen molar-refractivity contribution in [1.29, 1.82) is 0 Å². The van der Waals surface area contributed by atoms with E-state index in [-0.39, 0.29) is 6.10 Å². The molecule has 5 heteroatoms. The molecule has 1 unspecified atom stereocenters. The zero-order valence-electron chi connectivity index (χ0n) is 15.6. The van der Waals surface area contributed by atoms with E-state index < -0.39 is 0 Å². The molecule has 25 heavy (non-hydrogen) atoms. The van der Waals surface area contributed by atoms with E-state index in [9.17, 15) is 0 Å². The maximum absolute atomic E-state index is 6.04. The first-order chi connectivity index (χ1) is 12.3. The van der Waals surface area contributed by atoms with E-state index in [1.54, 1.807) is 0 Å². The third-order valence-corrected chi connectivity index (χ3v) is 5.16. The Morgan fingerprint density at radius 3 is 2.52 bits per heavy atom. The minimum atomic E-state index is 0.137. The summed E-state index contributed by atoms with van der Waals surface area (Å²) in [5.74, 6) is 1.81. The second-order valence-corrected chi connectivity index (χ2v) is 7.10. The molecule has 1 saturated carbocycles. The predicted molar refractivity (Wildman–Crippen MR) is 103 cm³/mol. The van der Waals surface area contributed by atoms with Gasteiger partial charge in [-0.05, 0) is 44.2 Å². The van der Waals surface area contributed by atoms with E-state index in [0.29, 0.717) is 6.04 Å². The van der Waals surface area contributed by atoms with Crippen molar-refractivity contribution in [1.82, 2.24) is 15.5 Å². The Morgan fingerprint density at radius 2 is 1.92 bits per heavy atom. The van der Waals surface area contributed by atoms with Gasteiger partial charge in [-0.15, -0.1) is 0 Å². The van der Waals surface area contributed by atoms with Crippen LogP contribution in [0.4, 0.5) is 0 Å². The standard InChI is InChI=1S/C20H32N4O/c1-3-18(25-19-7-5-4-6-8-19)15-22-20(21-2)23-16-11-13-24(14-12-16)17-9-10-17/h4-8,16-18H,3,9-15H2,1-2H3,(H2,21,22,23). The highest BCUT2D eigenvalue weighted by Crippen LogP contribution is 2.29. The third-order valence-electron chi connectivity index (χ3n) is 5.16. The van der Waals surface area contributed by atoms with Gasteiger partial charge in [-0.25, -0.2) is 0 Å². The summed E-state index contributed by atoms with van der Waals surface area (Å²) in [6, 6.07) is 11.4. The zero-order valence-corrected chi connectivity index (χ0v) is 15.6. The summed E-state index contributed by atoms with van der Waals surface area (Å²) in [6.45, 7) is 5.34. The number of para-hydroxylation sites is 1. The van der Waals surface area contributed by atoms with E-state index in [4.69, 9.17) is 4.74 Å². The largest absolute Gasteiger partial charge is 0.489 e. The number of likely N-dealkylation sites (tertiary alicyclic amines) is 1. The fourth-order valence-electron chi connectivity index (χ4n) is 3.41. The SMILES string of the molecule is CCC(CNC(=NC)NC1CCN(C2CC2)CC1)Oc1ccccc1. The number of benzene rings is 1. The first-order valence-corrected chi connectivity index (χ1v) is 9.71. The Morgan fingerprint density at radius 1 is 1.20 bits per heavy atom. The second kappa shape index (κ2) is 9.09. The number of hydrogen-bond acceptors (Lipinski definition) is 3. The van der Waals surface area contributed by atoms with Gasteiger partial charge in [0.25, 0.3) is 0 Å². The van der Waals surface area contributed by atoms with Gasteiger partial charge in [-0.2, -0.15) is 0 Å². The maximum Gasteiger partial charge on any atom is 0.191 e. The van der Waals surface area contributed by atoms with Gasteiger partial charge in [0.05, 0.1) is 6.54 Å². The number of aliphatic imine (C=N–C) groups is 1. The minimum Gasteiger partial charge on any atom is -0.489 e. The number of ether oxygens (including phenoxy) is 1. The summed E-state index contributed by atoms with van der Waals surface area (Å²) >= 11 is 0. The predicted octanol–water partition coefficient (Wildman–Crippen LogP) is 2.64. The van der Waals surface area contributed by atoms with Crippen LogP contribution in [0.5, 0.6) is 5.75 Å². The average Bonchev–Trinajstić information content (AvgIpc) is 3.50. The van der Waals surface area contributed by atoms with Gasteiger partial charge in [-0.3, -0.25) is 4.99 Å². The van der Waals surface area contributed by atoms with Crippen molar-refractivity contribution in [3.63, 3.8) is 0 Å². The van der Waals surface area contributed by atoms with Crippen LogP contribution in [0.15, 0.2) is 35.3 Å². The van der Waals surface area contributed by atoms with Crippen LogP contribution >= 0.6 is 0 Å². The first-order valence-electron chi connectivity index (χ1n) is 9.71. The molecule has 1 aromatic rings. The molecule has 1 saturated heterocycles. The minimum absolute atomic E-state index is 0.137. The van der Waals surface area contributed by atoms with Gasteiger partial charge in [0.15, 0.2) is 5.96 Å². The van der Waals surface area contributed by atoms with E-state index in [2.05, 4.69) is 27.4 Å². The van der Waals surface area contributed by atoms with Crippen LogP contribution in [0.3, 0.4) is 0 Å². The molecule has 3 rings (SSSR count).